The minimum atomic E-state index is 0.406. The smallest absolute Gasteiger partial charge is 0.147 e. The Balaban J connectivity index is 1.34. The predicted octanol–water partition coefficient (Wildman–Crippen LogP) is 3.50. The van der Waals surface area contributed by atoms with Gasteiger partial charge in [0.1, 0.15) is 34.6 Å². The van der Waals surface area contributed by atoms with Crippen LogP contribution in [0.25, 0.3) is 0 Å². The molecule has 0 saturated carbocycles. The maximum absolute atomic E-state index is 5.96. The van der Waals surface area contributed by atoms with Gasteiger partial charge in [0.25, 0.3) is 0 Å². The first kappa shape index (κ1) is 19.3. The average molecular weight is 394 g/mol. The van der Waals surface area contributed by atoms with Gasteiger partial charge in [0.2, 0.25) is 0 Å². The summed E-state index contributed by atoms with van der Waals surface area (Å²) in [4.78, 5) is 4.46. The molecular formula is C22H26N4O3. The molecule has 0 saturated heterocycles. The number of methoxy groups -OCH3 is 2. The molecule has 0 aliphatic carbocycles. The van der Waals surface area contributed by atoms with Crippen LogP contribution in [0.15, 0.2) is 42.5 Å². The molecule has 7 nitrogen and oxygen atoms in total. The molecule has 3 aromatic rings. The summed E-state index contributed by atoms with van der Waals surface area (Å²) in [6.07, 6.45) is 2.05. The molecule has 4 rings (SSSR count). The monoisotopic (exact) mass is 394 g/mol. The maximum Gasteiger partial charge on any atom is 0.147 e. The van der Waals surface area contributed by atoms with Crippen molar-refractivity contribution < 1.29 is 14.2 Å². The van der Waals surface area contributed by atoms with Crippen molar-refractivity contribution >= 4 is 0 Å². The Morgan fingerprint density at radius 1 is 1.00 bits per heavy atom. The molecule has 29 heavy (non-hydrogen) atoms. The van der Waals surface area contributed by atoms with Crippen LogP contribution in [0.3, 0.4) is 0 Å². The standard InChI is InChI=1S/C22H26N4O3/c1-15-24-22-9-6-17(14-26(22)25-15)23-13-16-4-7-18(8-5-16)29-21-11-19(27-2)10-20(12-21)28-3/h4-5,7-8,10-12,17,23H,6,9,13-14H2,1-3H3. The van der Waals surface area contributed by atoms with Gasteiger partial charge in [0, 0.05) is 37.2 Å². The third kappa shape index (κ3) is 4.68. The molecule has 0 amide bonds. The van der Waals surface area contributed by atoms with Gasteiger partial charge in [-0.25, -0.2) is 9.67 Å². The molecule has 7 heteroatoms. The second kappa shape index (κ2) is 8.53. The number of aromatic nitrogens is 3. The fourth-order valence-electron chi connectivity index (χ4n) is 3.51. The van der Waals surface area contributed by atoms with E-state index in [1.165, 1.54) is 5.56 Å². The highest BCUT2D eigenvalue weighted by Crippen LogP contribution is 2.30. The molecule has 0 fully saturated rings. The topological polar surface area (TPSA) is 70.4 Å². The first-order chi connectivity index (χ1) is 14.1. The van der Waals surface area contributed by atoms with Gasteiger partial charge in [-0.15, -0.1) is 0 Å². The van der Waals surface area contributed by atoms with Crippen molar-refractivity contribution in [3.63, 3.8) is 0 Å². The Labute approximate surface area is 170 Å². The van der Waals surface area contributed by atoms with Crippen molar-refractivity contribution in [3.8, 4) is 23.0 Å². The van der Waals surface area contributed by atoms with Crippen LogP contribution >= 0.6 is 0 Å². The van der Waals surface area contributed by atoms with Crippen molar-refractivity contribution in [2.75, 3.05) is 14.2 Å². The van der Waals surface area contributed by atoms with Crippen molar-refractivity contribution in [3.05, 3.63) is 59.7 Å². The highest BCUT2D eigenvalue weighted by atomic mass is 16.5. The molecule has 152 valence electrons. The number of ether oxygens (including phenoxy) is 3. The molecule has 2 aromatic carbocycles. The summed E-state index contributed by atoms with van der Waals surface area (Å²) in [5, 5.41) is 8.09. The molecule has 2 heterocycles. The second-order valence-corrected chi connectivity index (χ2v) is 7.17. The largest absolute Gasteiger partial charge is 0.496 e. The molecule has 1 aliphatic heterocycles. The Kier molecular flexibility index (Phi) is 5.67. The lowest BCUT2D eigenvalue weighted by Gasteiger charge is -2.23. The Bertz CT molecular complexity index is 946. The minimum Gasteiger partial charge on any atom is -0.496 e. The van der Waals surface area contributed by atoms with E-state index in [0.717, 1.165) is 43.3 Å². The van der Waals surface area contributed by atoms with E-state index < -0.39 is 0 Å². The molecule has 1 aliphatic rings. The summed E-state index contributed by atoms with van der Waals surface area (Å²) in [7, 11) is 3.25. The zero-order valence-electron chi connectivity index (χ0n) is 17.0. The van der Waals surface area contributed by atoms with Crippen LogP contribution < -0.4 is 19.5 Å². The number of aryl methyl sites for hydroxylation is 2. The summed E-state index contributed by atoms with van der Waals surface area (Å²) in [6.45, 7) is 3.62. The van der Waals surface area contributed by atoms with Gasteiger partial charge in [-0.3, -0.25) is 0 Å². The van der Waals surface area contributed by atoms with Gasteiger partial charge < -0.3 is 19.5 Å². The molecule has 1 aromatic heterocycles. The van der Waals surface area contributed by atoms with Gasteiger partial charge in [0.05, 0.1) is 20.8 Å². The fourth-order valence-corrected chi connectivity index (χ4v) is 3.51. The summed E-state index contributed by atoms with van der Waals surface area (Å²) in [5.74, 6) is 4.77. The lowest BCUT2D eigenvalue weighted by Crippen LogP contribution is -2.37. The van der Waals surface area contributed by atoms with Gasteiger partial charge in [0.15, 0.2) is 0 Å². The van der Waals surface area contributed by atoms with E-state index in [0.29, 0.717) is 23.3 Å². The van der Waals surface area contributed by atoms with E-state index in [9.17, 15) is 0 Å². The first-order valence-electron chi connectivity index (χ1n) is 9.76. The van der Waals surface area contributed by atoms with E-state index in [2.05, 4.69) is 27.5 Å². The molecule has 1 unspecified atom stereocenters. The Morgan fingerprint density at radius 2 is 1.69 bits per heavy atom. The molecule has 0 radical (unpaired) electrons. The Hall–Kier alpha value is -3.06. The number of nitrogens with zero attached hydrogens (tertiary/aromatic N) is 3. The highest BCUT2D eigenvalue weighted by molar-refractivity contribution is 5.44. The van der Waals surface area contributed by atoms with Crippen molar-refractivity contribution in [1.82, 2.24) is 20.1 Å². The Morgan fingerprint density at radius 3 is 2.38 bits per heavy atom. The van der Waals surface area contributed by atoms with Crippen LogP contribution in [-0.4, -0.2) is 35.0 Å². The normalized spacial score (nSPS) is 15.6. The van der Waals surface area contributed by atoms with Crippen LogP contribution in [-0.2, 0) is 19.5 Å². The predicted molar refractivity (Wildman–Crippen MR) is 110 cm³/mol. The van der Waals surface area contributed by atoms with Gasteiger partial charge in [-0.2, -0.15) is 5.10 Å². The summed E-state index contributed by atoms with van der Waals surface area (Å²) in [6, 6.07) is 14.0. The quantitative estimate of drug-likeness (QED) is 0.661. The number of fused-ring (bicyclic) bond motifs is 1. The average Bonchev–Trinajstić information content (AvgIpc) is 3.12. The lowest BCUT2D eigenvalue weighted by atomic mass is 10.1. The summed E-state index contributed by atoms with van der Waals surface area (Å²) >= 11 is 0. The number of benzene rings is 2. The maximum atomic E-state index is 5.96. The van der Waals surface area contributed by atoms with E-state index in [-0.39, 0.29) is 0 Å². The van der Waals surface area contributed by atoms with Gasteiger partial charge in [-0.1, -0.05) is 12.1 Å². The van der Waals surface area contributed by atoms with E-state index in [4.69, 9.17) is 14.2 Å². The van der Waals surface area contributed by atoms with Gasteiger partial charge in [-0.05, 0) is 31.0 Å². The van der Waals surface area contributed by atoms with Crippen LogP contribution in [0.1, 0.15) is 23.6 Å². The zero-order valence-corrected chi connectivity index (χ0v) is 17.0. The van der Waals surface area contributed by atoms with Crippen LogP contribution in [0.2, 0.25) is 0 Å². The van der Waals surface area contributed by atoms with Gasteiger partial charge >= 0.3 is 0 Å². The third-order valence-electron chi connectivity index (χ3n) is 5.04. The van der Waals surface area contributed by atoms with Crippen LogP contribution in [0.5, 0.6) is 23.0 Å². The van der Waals surface area contributed by atoms with Crippen molar-refractivity contribution in [2.45, 2.75) is 38.9 Å². The van der Waals surface area contributed by atoms with Crippen molar-refractivity contribution in [2.24, 2.45) is 0 Å². The van der Waals surface area contributed by atoms with Crippen LogP contribution in [0, 0.1) is 6.92 Å². The third-order valence-corrected chi connectivity index (χ3v) is 5.04. The first-order valence-corrected chi connectivity index (χ1v) is 9.76. The molecule has 1 atom stereocenters. The number of hydrogen-bond acceptors (Lipinski definition) is 6. The number of rotatable bonds is 7. The zero-order chi connectivity index (χ0) is 20.2. The van der Waals surface area contributed by atoms with Crippen molar-refractivity contribution in [1.29, 1.82) is 0 Å². The number of hydrogen-bond donors (Lipinski definition) is 1. The summed E-state index contributed by atoms with van der Waals surface area (Å²) in [5.41, 5.74) is 1.21. The second-order valence-electron chi connectivity index (χ2n) is 7.17. The molecule has 0 spiro atoms. The van der Waals surface area contributed by atoms with Crippen LogP contribution in [0.4, 0.5) is 0 Å². The lowest BCUT2D eigenvalue weighted by molar-refractivity contribution is 0.357. The number of nitrogens with one attached hydrogen (secondary N) is 1. The summed E-state index contributed by atoms with van der Waals surface area (Å²) < 4.78 is 18.6. The minimum absolute atomic E-state index is 0.406. The molecule has 0 bridgehead atoms. The van der Waals surface area contributed by atoms with E-state index >= 15 is 0 Å². The molecule has 1 N–H and O–H groups in total. The SMILES string of the molecule is COc1cc(OC)cc(Oc2ccc(CNC3CCc4nc(C)nn4C3)cc2)c1. The van der Waals surface area contributed by atoms with E-state index in [1.54, 1.807) is 14.2 Å². The fraction of sp³-hybridized carbons (Fsp3) is 0.364. The van der Waals surface area contributed by atoms with E-state index in [1.807, 2.05) is 41.9 Å². The molecular weight excluding hydrogens is 368 g/mol. The highest BCUT2D eigenvalue weighted by Gasteiger charge is 2.20.